The lowest BCUT2D eigenvalue weighted by atomic mass is 9.98. The number of nitrogens with one attached hydrogen (secondary N) is 2. The molecule has 0 radical (unpaired) electrons. The minimum atomic E-state index is -0.307. The number of aromatic nitrogens is 1. The van der Waals surface area contributed by atoms with Crippen molar-refractivity contribution in [1.82, 2.24) is 20.6 Å². The van der Waals surface area contributed by atoms with Gasteiger partial charge in [-0.25, -0.2) is 15.6 Å². The van der Waals surface area contributed by atoms with E-state index in [0.717, 1.165) is 29.8 Å². The number of nitrogens with two attached hydrogens (primary N) is 2. The fourth-order valence-electron chi connectivity index (χ4n) is 3.98. The number of carbonyl (C=O) groups excluding carboxylic acids is 1. The van der Waals surface area contributed by atoms with Crippen LogP contribution in [0.1, 0.15) is 62.0 Å². The largest absolute Gasteiger partial charge is 0.489 e. The average molecular weight is 453 g/mol. The summed E-state index contributed by atoms with van der Waals surface area (Å²) in [6.07, 6.45) is 6.13. The number of carbonyl (C=O) groups is 1. The molecule has 1 atom stereocenters. The molecule has 1 aliphatic carbocycles. The maximum atomic E-state index is 12.4. The van der Waals surface area contributed by atoms with Gasteiger partial charge < -0.3 is 26.1 Å². The van der Waals surface area contributed by atoms with Crippen molar-refractivity contribution in [2.75, 3.05) is 13.6 Å². The summed E-state index contributed by atoms with van der Waals surface area (Å²) in [4.78, 5) is 17.1. The quantitative estimate of drug-likeness (QED) is 0.359. The first-order valence-corrected chi connectivity index (χ1v) is 11.6. The van der Waals surface area contributed by atoms with Gasteiger partial charge in [-0.2, -0.15) is 0 Å². The number of hydrogen-bond acceptors (Lipinski definition) is 6. The Morgan fingerprint density at radius 2 is 1.88 bits per heavy atom. The van der Waals surface area contributed by atoms with Crippen molar-refractivity contribution in [3.05, 3.63) is 65.1 Å². The van der Waals surface area contributed by atoms with Gasteiger partial charge in [-0.1, -0.05) is 36.8 Å². The number of hydrazine groups is 1. The third-order valence-corrected chi connectivity index (χ3v) is 5.96. The Hall–Kier alpha value is -3.26. The molecule has 0 spiro atoms. The van der Waals surface area contributed by atoms with Crippen LogP contribution >= 0.6 is 0 Å². The van der Waals surface area contributed by atoms with Crippen molar-refractivity contribution in [3.63, 3.8) is 0 Å². The number of hydrogen-bond donors (Lipinski definition) is 4. The zero-order chi connectivity index (χ0) is 23.8. The molecule has 8 nitrogen and oxygen atoms in total. The van der Waals surface area contributed by atoms with Crippen LogP contribution < -0.4 is 26.9 Å². The van der Waals surface area contributed by atoms with E-state index in [1.165, 1.54) is 24.3 Å². The molecule has 2 aromatic rings. The van der Waals surface area contributed by atoms with Gasteiger partial charge >= 0.3 is 6.03 Å². The summed E-state index contributed by atoms with van der Waals surface area (Å²) in [7, 11) is 1.68. The van der Waals surface area contributed by atoms with Crippen molar-refractivity contribution >= 4 is 11.7 Å². The summed E-state index contributed by atoms with van der Waals surface area (Å²) in [6, 6.07) is 13.1. The molecule has 178 valence electrons. The number of pyridine rings is 1. The van der Waals surface area contributed by atoms with Crippen LogP contribution in [-0.4, -0.2) is 35.7 Å². The van der Waals surface area contributed by atoms with Crippen LogP contribution in [0.4, 0.5) is 4.79 Å². The van der Waals surface area contributed by atoms with Gasteiger partial charge in [0.2, 0.25) is 0 Å². The first-order chi connectivity index (χ1) is 15.8. The highest BCUT2D eigenvalue weighted by molar-refractivity contribution is 5.75. The van der Waals surface area contributed by atoms with Crippen molar-refractivity contribution in [1.29, 1.82) is 0 Å². The summed E-state index contributed by atoms with van der Waals surface area (Å²) in [5.41, 5.74) is 9.77. The smallest absolute Gasteiger partial charge is 0.315 e. The Kier molecular flexibility index (Phi) is 8.54. The molecule has 8 heteroatoms. The predicted octanol–water partition coefficient (Wildman–Crippen LogP) is 3.59. The molecular formula is C25H36N6O2. The van der Waals surface area contributed by atoms with Gasteiger partial charge in [-0.15, -0.1) is 0 Å². The number of aryl methyl sites for hydroxylation is 1. The second-order valence-corrected chi connectivity index (χ2v) is 8.59. The second kappa shape index (κ2) is 11.6. The molecule has 3 rings (SSSR count). The lowest BCUT2D eigenvalue weighted by Crippen LogP contribution is -2.41. The van der Waals surface area contributed by atoms with Gasteiger partial charge in [0.1, 0.15) is 5.75 Å². The van der Waals surface area contributed by atoms with Crippen LogP contribution in [0.5, 0.6) is 5.75 Å². The van der Waals surface area contributed by atoms with E-state index in [1.54, 1.807) is 7.05 Å². The van der Waals surface area contributed by atoms with Crippen molar-refractivity contribution in [2.24, 2.45) is 11.6 Å². The predicted molar refractivity (Wildman–Crippen MR) is 131 cm³/mol. The van der Waals surface area contributed by atoms with Crippen LogP contribution in [0.2, 0.25) is 0 Å². The fraction of sp³-hybridized carbons (Fsp3) is 0.440. The highest BCUT2D eigenvalue weighted by Crippen LogP contribution is 2.26. The number of rotatable bonds is 8. The number of likely N-dealkylation sites (N-methyl/N-ethyl adjacent to an activating group) is 1. The van der Waals surface area contributed by atoms with Crippen LogP contribution in [0.15, 0.2) is 48.2 Å². The summed E-state index contributed by atoms with van der Waals surface area (Å²) < 4.78 is 6.16. The van der Waals surface area contributed by atoms with Gasteiger partial charge in [0, 0.05) is 7.05 Å². The molecule has 0 saturated heterocycles. The Morgan fingerprint density at radius 3 is 2.52 bits per heavy atom. The number of benzene rings is 1. The van der Waals surface area contributed by atoms with Crippen molar-refractivity contribution < 1.29 is 9.53 Å². The van der Waals surface area contributed by atoms with E-state index in [1.807, 2.05) is 56.3 Å². The Bertz CT molecular complexity index is 955. The summed E-state index contributed by atoms with van der Waals surface area (Å²) in [5.74, 6) is 6.80. The molecule has 1 unspecified atom stereocenters. The SMILES string of the molecule is Cc1nc(/C(N)=C(\CNC(=O)NC(C)c2ccccc2)N(C)N)ccc1OC1CCCCC1. The molecule has 1 saturated carbocycles. The van der Waals surface area contributed by atoms with E-state index in [4.69, 9.17) is 16.3 Å². The summed E-state index contributed by atoms with van der Waals surface area (Å²) in [5, 5.41) is 7.16. The van der Waals surface area contributed by atoms with Gasteiger partial charge in [0.15, 0.2) is 0 Å². The minimum absolute atomic E-state index is 0.132. The van der Waals surface area contributed by atoms with Crippen LogP contribution in [0.25, 0.3) is 5.70 Å². The molecule has 6 N–H and O–H groups in total. The zero-order valence-corrected chi connectivity index (χ0v) is 19.8. The number of urea groups is 1. The lowest BCUT2D eigenvalue weighted by Gasteiger charge is -2.24. The van der Waals surface area contributed by atoms with E-state index < -0.39 is 0 Å². The average Bonchev–Trinajstić information content (AvgIpc) is 2.81. The molecule has 33 heavy (non-hydrogen) atoms. The molecule has 1 heterocycles. The highest BCUT2D eigenvalue weighted by atomic mass is 16.5. The topological polar surface area (TPSA) is 119 Å². The van der Waals surface area contributed by atoms with Crippen LogP contribution in [-0.2, 0) is 0 Å². The first kappa shape index (κ1) is 24.4. The monoisotopic (exact) mass is 452 g/mol. The third-order valence-electron chi connectivity index (χ3n) is 5.96. The van der Waals surface area contributed by atoms with Crippen molar-refractivity contribution in [3.8, 4) is 5.75 Å². The van der Waals surface area contributed by atoms with E-state index in [-0.39, 0.29) is 24.7 Å². The zero-order valence-electron chi connectivity index (χ0n) is 19.8. The molecule has 0 bridgehead atoms. The maximum absolute atomic E-state index is 12.4. The van der Waals surface area contributed by atoms with E-state index >= 15 is 0 Å². The van der Waals surface area contributed by atoms with Gasteiger partial charge in [-0.05, 0) is 57.2 Å². The Morgan fingerprint density at radius 1 is 1.18 bits per heavy atom. The summed E-state index contributed by atoms with van der Waals surface area (Å²) >= 11 is 0. The summed E-state index contributed by atoms with van der Waals surface area (Å²) in [6.45, 7) is 4.00. The van der Waals surface area contributed by atoms with Gasteiger partial charge in [0.25, 0.3) is 0 Å². The van der Waals surface area contributed by atoms with Crippen LogP contribution in [0, 0.1) is 6.92 Å². The van der Waals surface area contributed by atoms with Gasteiger partial charge in [-0.3, -0.25) is 0 Å². The number of amides is 2. The van der Waals surface area contributed by atoms with Gasteiger partial charge in [0.05, 0.1) is 41.5 Å². The minimum Gasteiger partial charge on any atom is -0.489 e. The third kappa shape index (κ3) is 6.86. The molecule has 1 aromatic carbocycles. The highest BCUT2D eigenvalue weighted by Gasteiger charge is 2.18. The molecule has 1 fully saturated rings. The Labute approximate surface area is 196 Å². The number of ether oxygens (including phenoxy) is 1. The number of nitrogens with zero attached hydrogens (tertiary/aromatic N) is 2. The van der Waals surface area contributed by atoms with E-state index in [0.29, 0.717) is 17.1 Å². The van der Waals surface area contributed by atoms with E-state index in [2.05, 4.69) is 15.6 Å². The molecule has 1 aliphatic rings. The van der Waals surface area contributed by atoms with Crippen LogP contribution in [0.3, 0.4) is 0 Å². The Balaban J connectivity index is 1.65. The molecule has 0 aliphatic heterocycles. The second-order valence-electron chi connectivity index (χ2n) is 8.59. The maximum Gasteiger partial charge on any atom is 0.315 e. The molecule has 1 aromatic heterocycles. The van der Waals surface area contributed by atoms with Crippen molar-refractivity contribution in [2.45, 2.75) is 58.1 Å². The van der Waals surface area contributed by atoms with E-state index in [9.17, 15) is 4.79 Å². The fourth-order valence-corrected chi connectivity index (χ4v) is 3.98. The standard InChI is InChI=1S/C25H36N6O2/c1-17(19-10-6-4-7-11-19)30-25(32)28-16-22(31(3)27)24(26)21-14-15-23(18(2)29-21)33-20-12-8-5-9-13-20/h4,6-7,10-11,14-15,17,20H,5,8-9,12-13,16,26-27H2,1-3H3,(H2,28,30,32)/b24-22-. The lowest BCUT2D eigenvalue weighted by molar-refractivity contribution is 0.153. The first-order valence-electron chi connectivity index (χ1n) is 11.6. The normalized spacial score (nSPS) is 15.9. The molecule has 2 amide bonds. The molecular weight excluding hydrogens is 416 g/mol.